The van der Waals surface area contributed by atoms with E-state index in [-0.39, 0.29) is 0 Å². The summed E-state index contributed by atoms with van der Waals surface area (Å²) in [5, 5.41) is 0. The summed E-state index contributed by atoms with van der Waals surface area (Å²) in [4.78, 5) is 2.11. The lowest BCUT2D eigenvalue weighted by Gasteiger charge is -2.09. The standard InChI is InChI=1S/C11H15NO/c1-8(2)9-4-5-10-11(6-9)13-7-12(10)3/h4-6,8H,7H2,1-3H3. The Labute approximate surface area is 79.1 Å². The van der Waals surface area contributed by atoms with Crippen molar-refractivity contribution in [2.24, 2.45) is 0 Å². The number of ether oxygens (including phenoxy) is 1. The normalized spacial score (nSPS) is 14.6. The number of nitrogens with zero attached hydrogens (tertiary/aromatic N) is 1. The van der Waals surface area contributed by atoms with Gasteiger partial charge in [0.2, 0.25) is 0 Å². The van der Waals surface area contributed by atoms with Gasteiger partial charge in [0.15, 0.2) is 6.73 Å². The minimum atomic E-state index is 0.569. The van der Waals surface area contributed by atoms with Gasteiger partial charge in [-0.3, -0.25) is 0 Å². The molecule has 0 bridgehead atoms. The molecule has 2 nitrogen and oxygen atoms in total. The molecule has 0 amide bonds. The summed E-state index contributed by atoms with van der Waals surface area (Å²) < 4.78 is 5.53. The molecule has 1 aromatic rings. The molecule has 1 heterocycles. The van der Waals surface area contributed by atoms with E-state index in [1.165, 1.54) is 11.3 Å². The number of fused-ring (bicyclic) bond motifs is 1. The molecular formula is C11H15NO. The van der Waals surface area contributed by atoms with Crippen molar-refractivity contribution < 1.29 is 4.74 Å². The summed E-state index contributed by atoms with van der Waals surface area (Å²) in [6.07, 6.45) is 0. The lowest BCUT2D eigenvalue weighted by Crippen LogP contribution is -2.14. The van der Waals surface area contributed by atoms with Gasteiger partial charge in [-0.15, -0.1) is 0 Å². The van der Waals surface area contributed by atoms with Crippen LogP contribution in [0.25, 0.3) is 0 Å². The van der Waals surface area contributed by atoms with E-state index in [4.69, 9.17) is 4.74 Å². The molecule has 0 spiro atoms. The van der Waals surface area contributed by atoms with Gasteiger partial charge in [-0.1, -0.05) is 19.9 Å². The van der Waals surface area contributed by atoms with Gasteiger partial charge in [0.25, 0.3) is 0 Å². The van der Waals surface area contributed by atoms with Gasteiger partial charge >= 0.3 is 0 Å². The van der Waals surface area contributed by atoms with Crippen LogP contribution in [0.2, 0.25) is 0 Å². The second-order valence-electron chi connectivity index (χ2n) is 3.85. The lowest BCUT2D eigenvalue weighted by molar-refractivity contribution is 0.352. The van der Waals surface area contributed by atoms with E-state index in [0.29, 0.717) is 12.6 Å². The molecule has 0 aromatic heterocycles. The molecule has 0 fully saturated rings. The SMILES string of the molecule is CC(C)c1ccc2c(c1)OCN2C. The van der Waals surface area contributed by atoms with Crippen LogP contribution in [-0.4, -0.2) is 13.8 Å². The molecule has 13 heavy (non-hydrogen) atoms. The Bertz CT molecular complexity index is 320. The van der Waals surface area contributed by atoms with Crippen LogP contribution in [0.4, 0.5) is 5.69 Å². The maximum absolute atomic E-state index is 5.53. The van der Waals surface area contributed by atoms with Crippen molar-refractivity contribution in [3.63, 3.8) is 0 Å². The first-order chi connectivity index (χ1) is 6.18. The third-order valence-electron chi connectivity index (χ3n) is 2.48. The lowest BCUT2D eigenvalue weighted by atomic mass is 10.0. The Kier molecular flexibility index (Phi) is 1.91. The van der Waals surface area contributed by atoms with Gasteiger partial charge in [0.05, 0.1) is 5.69 Å². The average molecular weight is 177 g/mol. The summed E-state index contributed by atoms with van der Waals surface area (Å²) in [5.41, 5.74) is 2.54. The molecule has 1 aromatic carbocycles. The second kappa shape index (κ2) is 2.95. The maximum atomic E-state index is 5.53. The maximum Gasteiger partial charge on any atom is 0.161 e. The first kappa shape index (κ1) is 8.42. The van der Waals surface area contributed by atoms with Crippen molar-refractivity contribution in [2.75, 3.05) is 18.7 Å². The largest absolute Gasteiger partial charge is 0.471 e. The molecule has 0 aliphatic carbocycles. The fourth-order valence-corrected chi connectivity index (χ4v) is 1.56. The van der Waals surface area contributed by atoms with Crippen LogP contribution >= 0.6 is 0 Å². The molecule has 0 radical (unpaired) electrons. The van der Waals surface area contributed by atoms with Gasteiger partial charge < -0.3 is 9.64 Å². The van der Waals surface area contributed by atoms with Crippen LogP contribution in [0.1, 0.15) is 25.3 Å². The average Bonchev–Trinajstić information content (AvgIpc) is 2.47. The smallest absolute Gasteiger partial charge is 0.161 e. The van der Waals surface area contributed by atoms with Gasteiger partial charge in [-0.05, 0) is 23.6 Å². The van der Waals surface area contributed by atoms with Gasteiger partial charge in [-0.2, -0.15) is 0 Å². The van der Waals surface area contributed by atoms with Crippen molar-refractivity contribution in [1.29, 1.82) is 0 Å². The molecule has 1 aliphatic rings. The van der Waals surface area contributed by atoms with E-state index in [1.807, 2.05) is 7.05 Å². The fourth-order valence-electron chi connectivity index (χ4n) is 1.56. The highest BCUT2D eigenvalue weighted by Gasteiger charge is 2.17. The predicted molar refractivity (Wildman–Crippen MR) is 54.4 cm³/mol. The Morgan fingerprint density at radius 2 is 2.15 bits per heavy atom. The zero-order valence-corrected chi connectivity index (χ0v) is 8.37. The van der Waals surface area contributed by atoms with E-state index in [1.54, 1.807) is 0 Å². The first-order valence-electron chi connectivity index (χ1n) is 4.66. The van der Waals surface area contributed by atoms with Gasteiger partial charge in [-0.25, -0.2) is 0 Å². The molecule has 2 rings (SSSR count). The highest BCUT2D eigenvalue weighted by molar-refractivity contribution is 5.62. The van der Waals surface area contributed by atoms with Crippen LogP contribution < -0.4 is 9.64 Å². The topological polar surface area (TPSA) is 12.5 Å². The van der Waals surface area contributed by atoms with Crippen LogP contribution in [0.5, 0.6) is 5.75 Å². The van der Waals surface area contributed by atoms with Crippen molar-refractivity contribution in [2.45, 2.75) is 19.8 Å². The predicted octanol–water partition coefficient (Wildman–Crippen LogP) is 2.60. The molecule has 0 atom stereocenters. The molecular weight excluding hydrogens is 162 g/mol. The van der Waals surface area contributed by atoms with Crippen molar-refractivity contribution in [3.05, 3.63) is 23.8 Å². The molecule has 70 valence electrons. The molecule has 0 N–H and O–H groups in total. The van der Waals surface area contributed by atoms with Crippen molar-refractivity contribution >= 4 is 5.69 Å². The summed E-state index contributed by atoms with van der Waals surface area (Å²) in [5.74, 6) is 1.59. The quantitative estimate of drug-likeness (QED) is 0.653. The highest BCUT2D eigenvalue weighted by atomic mass is 16.5. The number of benzene rings is 1. The van der Waals surface area contributed by atoms with Crippen molar-refractivity contribution in [3.8, 4) is 5.75 Å². The molecule has 0 saturated heterocycles. The van der Waals surface area contributed by atoms with E-state index in [9.17, 15) is 0 Å². The minimum absolute atomic E-state index is 0.569. The number of rotatable bonds is 1. The number of anilines is 1. The zero-order chi connectivity index (χ0) is 9.42. The van der Waals surface area contributed by atoms with Gasteiger partial charge in [0.1, 0.15) is 5.75 Å². The monoisotopic (exact) mass is 177 g/mol. The third-order valence-corrected chi connectivity index (χ3v) is 2.48. The Balaban J connectivity index is 2.40. The fraction of sp³-hybridized carbons (Fsp3) is 0.455. The van der Waals surface area contributed by atoms with E-state index >= 15 is 0 Å². The van der Waals surface area contributed by atoms with Crippen LogP contribution in [0.3, 0.4) is 0 Å². The summed E-state index contributed by atoms with van der Waals surface area (Å²) in [7, 11) is 2.04. The summed E-state index contributed by atoms with van der Waals surface area (Å²) >= 11 is 0. The van der Waals surface area contributed by atoms with Gasteiger partial charge in [0, 0.05) is 7.05 Å². The first-order valence-corrected chi connectivity index (χ1v) is 4.66. The van der Waals surface area contributed by atoms with E-state index < -0.39 is 0 Å². The zero-order valence-electron chi connectivity index (χ0n) is 8.37. The Morgan fingerprint density at radius 1 is 1.38 bits per heavy atom. The van der Waals surface area contributed by atoms with Crippen molar-refractivity contribution in [1.82, 2.24) is 0 Å². The molecule has 1 aliphatic heterocycles. The molecule has 0 unspecified atom stereocenters. The summed E-state index contributed by atoms with van der Waals surface area (Å²) in [6, 6.07) is 6.45. The minimum Gasteiger partial charge on any atom is -0.471 e. The Hall–Kier alpha value is -1.18. The molecule has 2 heteroatoms. The number of hydrogen-bond acceptors (Lipinski definition) is 2. The van der Waals surface area contributed by atoms with Crippen LogP contribution in [-0.2, 0) is 0 Å². The highest BCUT2D eigenvalue weighted by Crippen LogP contribution is 2.35. The van der Waals surface area contributed by atoms with E-state index in [2.05, 4.69) is 36.9 Å². The van der Waals surface area contributed by atoms with Crippen LogP contribution in [0.15, 0.2) is 18.2 Å². The number of hydrogen-bond donors (Lipinski definition) is 0. The second-order valence-corrected chi connectivity index (χ2v) is 3.85. The van der Waals surface area contributed by atoms with Crippen LogP contribution in [0, 0.1) is 0 Å². The molecule has 0 saturated carbocycles. The Morgan fingerprint density at radius 3 is 2.85 bits per heavy atom. The third kappa shape index (κ3) is 1.37. The van der Waals surface area contributed by atoms with E-state index in [0.717, 1.165) is 5.75 Å². The summed E-state index contributed by atoms with van der Waals surface area (Å²) in [6.45, 7) is 5.07.